The minimum atomic E-state index is -0.961. The number of methoxy groups -OCH3 is 1. The van der Waals surface area contributed by atoms with E-state index >= 15 is 0 Å². The van der Waals surface area contributed by atoms with Crippen LogP contribution in [0.3, 0.4) is 0 Å². The molecule has 2 rings (SSSR count). The van der Waals surface area contributed by atoms with E-state index in [1.165, 1.54) is 0 Å². The monoisotopic (exact) mass is 250 g/mol. The maximum Gasteiger partial charge on any atom is 0.339 e. The highest BCUT2D eigenvalue weighted by molar-refractivity contribution is 5.93. The number of hydrogen-bond acceptors (Lipinski definition) is 4. The standard InChI is InChI=1S/C13H18N2O3/c1-8-6-7-9(13(16)17)12(14-8)15-10-4-3-5-11(10)18-2/h6-7,10-11H,3-5H2,1-2H3,(H,14,15)(H,16,17). The van der Waals surface area contributed by atoms with E-state index in [2.05, 4.69) is 10.3 Å². The van der Waals surface area contributed by atoms with Crippen LogP contribution in [0.1, 0.15) is 35.3 Å². The summed E-state index contributed by atoms with van der Waals surface area (Å²) in [5.74, 6) is -0.520. The van der Waals surface area contributed by atoms with Gasteiger partial charge in [-0.3, -0.25) is 0 Å². The molecule has 1 aromatic rings. The second-order valence-electron chi connectivity index (χ2n) is 4.61. The molecule has 2 atom stereocenters. The summed E-state index contributed by atoms with van der Waals surface area (Å²) < 4.78 is 5.39. The molecule has 1 saturated carbocycles. The molecule has 2 unspecified atom stereocenters. The van der Waals surface area contributed by atoms with Gasteiger partial charge in [-0.05, 0) is 38.3 Å². The van der Waals surface area contributed by atoms with Crippen LogP contribution < -0.4 is 5.32 Å². The first-order chi connectivity index (χ1) is 8.61. The largest absolute Gasteiger partial charge is 0.478 e. The summed E-state index contributed by atoms with van der Waals surface area (Å²) in [4.78, 5) is 15.4. The van der Waals surface area contributed by atoms with Gasteiger partial charge in [-0.1, -0.05) is 0 Å². The third-order valence-electron chi connectivity index (χ3n) is 3.34. The van der Waals surface area contributed by atoms with E-state index in [0.717, 1.165) is 25.0 Å². The van der Waals surface area contributed by atoms with Crippen molar-refractivity contribution in [2.45, 2.75) is 38.3 Å². The number of carboxylic acids is 1. The fourth-order valence-corrected chi connectivity index (χ4v) is 2.39. The quantitative estimate of drug-likeness (QED) is 0.856. The number of hydrogen-bond donors (Lipinski definition) is 2. The van der Waals surface area contributed by atoms with Crippen molar-refractivity contribution in [3.05, 3.63) is 23.4 Å². The van der Waals surface area contributed by atoms with E-state index in [4.69, 9.17) is 9.84 Å². The highest BCUT2D eigenvalue weighted by atomic mass is 16.5. The number of carboxylic acid groups (broad SMARTS) is 1. The van der Waals surface area contributed by atoms with E-state index in [9.17, 15) is 4.79 Å². The predicted octanol–water partition coefficient (Wildman–Crippen LogP) is 2.07. The van der Waals surface area contributed by atoms with Gasteiger partial charge in [-0.2, -0.15) is 0 Å². The van der Waals surface area contributed by atoms with E-state index < -0.39 is 5.97 Å². The van der Waals surface area contributed by atoms with E-state index in [1.807, 2.05) is 6.92 Å². The zero-order chi connectivity index (χ0) is 13.1. The van der Waals surface area contributed by atoms with Gasteiger partial charge in [-0.15, -0.1) is 0 Å². The molecular weight excluding hydrogens is 232 g/mol. The second-order valence-corrected chi connectivity index (χ2v) is 4.61. The number of nitrogens with zero attached hydrogens (tertiary/aromatic N) is 1. The maximum absolute atomic E-state index is 11.1. The molecule has 0 aromatic carbocycles. The number of aromatic nitrogens is 1. The Kier molecular flexibility index (Phi) is 3.81. The highest BCUT2D eigenvalue weighted by Gasteiger charge is 2.28. The zero-order valence-corrected chi connectivity index (χ0v) is 10.6. The summed E-state index contributed by atoms with van der Waals surface area (Å²) >= 11 is 0. The molecule has 5 nitrogen and oxygen atoms in total. The Bertz CT molecular complexity index is 448. The van der Waals surface area contributed by atoms with Crippen LogP contribution in [0.5, 0.6) is 0 Å². The van der Waals surface area contributed by atoms with Gasteiger partial charge >= 0.3 is 5.97 Å². The molecule has 1 aromatic heterocycles. The Labute approximate surface area is 106 Å². The Balaban J connectivity index is 2.22. The Morgan fingerprint density at radius 2 is 2.28 bits per heavy atom. The number of pyridine rings is 1. The SMILES string of the molecule is COC1CCCC1Nc1nc(C)ccc1C(=O)O. The number of carbonyl (C=O) groups is 1. The van der Waals surface area contributed by atoms with Crippen molar-refractivity contribution in [1.82, 2.24) is 4.98 Å². The zero-order valence-electron chi connectivity index (χ0n) is 10.6. The third kappa shape index (κ3) is 2.61. The first kappa shape index (κ1) is 12.8. The van der Waals surface area contributed by atoms with Crippen LogP contribution in [0.2, 0.25) is 0 Å². The summed E-state index contributed by atoms with van der Waals surface area (Å²) in [6.07, 6.45) is 3.20. The molecule has 1 heterocycles. The summed E-state index contributed by atoms with van der Waals surface area (Å²) in [5.41, 5.74) is 1.01. The fourth-order valence-electron chi connectivity index (χ4n) is 2.39. The average molecular weight is 250 g/mol. The van der Waals surface area contributed by atoms with E-state index in [0.29, 0.717) is 5.82 Å². The molecular formula is C13H18N2O3. The number of anilines is 1. The Morgan fingerprint density at radius 3 is 2.94 bits per heavy atom. The van der Waals surface area contributed by atoms with Gasteiger partial charge in [0.25, 0.3) is 0 Å². The minimum Gasteiger partial charge on any atom is -0.478 e. The molecule has 0 saturated heterocycles. The lowest BCUT2D eigenvalue weighted by Gasteiger charge is -2.21. The molecule has 0 aliphatic heterocycles. The third-order valence-corrected chi connectivity index (χ3v) is 3.34. The maximum atomic E-state index is 11.1. The lowest BCUT2D eigenvalue weighted by atomic mass is 10.2. The van der Waals surface area contributed by atoms with Crippen LogP contribution in [-0.4, -0.2) is 35.3 Å². The van der Waals surface area contributed by atoms with Gasteiger partial charge in [0, 0.05) is 12.8 Å². The molecule has 0 amide bonds. The van der Waals surface area contributed by atoms with Crippen LogP contribution in [0, 0.1) is 6.92 Å². The van der Waals surface area contributed by atoms with Crippen molar-refractivity contribution in [3.8, 4) is 0 Å². The number of rotatable bonds is 4. The lowest BCUT2D eigenvalue weighted by Crippen LogP contribution is -2.31. The van der Waals surface area contributed by atoms with Crippen LogP contribution in [0.4, 0.5) is 5.82 Å². The summed E-state index contributed by atoms with van der Waals surface area (Å²) in [5, 5.41) is 12.4. The van der Waals surface area contributed by atoms with Crippen molar-refractivity contribution < 1.29 is 14.6 Å². The van der Waals surface area contributed by atoms with Gasteiger partial charge in [0.05, 0.1) is 12.1 Å². The molecule has 0 spiro atoms. The fraction of sp³-hybridized carbons (Fsp3) is 0.538. The van der Waals surface area contributed by atoms with Gasteiger partial charge in [0.1, 0.15) is 11.4 Å². The van der Waals surface area contributed by atoms with Crippen LogP contribution in [-0.2, 0) is 4.74 Å². The van der Waals surface area contributed by atoms with Crippen molar-refractivity contribution in [1.29, 1.82) is 0 Å². The molecule has 18 heavy (non-hydrogen) atoms. The Morgan fingerprint density at radius 1 is 1.50 bits per heavy atom. The van der Waals surface area contributed by atoms with E-state index in [-0.39, 0.29) is 17.7 Å². The molecule has 5 heteroatoms. The average Bonchev–Trinajstić information content (AvgIpc) is 2.76. The number of ether oxygens (including phenoxy) is 1. The topological polar surface area (TPSA) is 71.5 Å². The number of nitrogens with one attached hydrogen (secondary N) is 1. The van der Waals surface area contributed by atoms with E-state index in [1.54, 1.807) is 19.2 Å². The molecule has 1 aliphatic rings. The van der Waals surface area contributed by atoms with Crippen LogP contribution in [0.25, 0.3) is 0 Å². The van der Waals surface area contributed by atoms with Crippen LogP contribution in [0.15, 0.2) is 12.1 Å². The van der Waals surface area contributed by atoms with Gasteiger partial charge in [0.2, 0.25) is 0 Å². The van der Waals surface area contributed by atoms with Crippen molar-refractivity contribution >= 4 is 11.8 Å². The van der Waals surface area contributed by atoms with Gasteiger partial charge in [-0.25, -0.2) is 9.78 Å². The van der Waals surface area contributed by atoms with Crippen molar-refractivity contribution in [2.24, 2.45) is 0 Å². The second kappa shape index (κ2) is 5.35. The van der Waals surface area contributed by atoms with Crippen molar-refractivity contribution in [2.75, 3.05) is 12.4 Å². The van der Waals surface area contributed by atoms with Gasteiger partial charge in [0.15, 0.2) is 0 Å². The predicted molar refractivity (Wildman–Crippen MR) is 68.0 cm³/mol. The van der Waals surface area contributed by atoms with Crippen molar-refractivity contribution in [3.63, 3.8) is 0 Å². The smallest absolute Gasteiger partial charge is 0.339 e. The lowest BCUT2D eigenvalue weighted by molar-refractivity contribution is 0.0696. The molecule has 0 bridgehead atoms. The number of aromatic carboxylic acids is 1. The number of aryl methyl sites for hydroxylation is 1. The van der Waals surface area contributed by atoms with Gasteiger partial charge < -0.3 is 15.2 Å². The highest BCUT2D eigenvalue weighted by Crippen LogP contribution is 2.26. The summed E-state index contributed by atoms with van der Waals surface area (Å²) in [7, 11) is 1.69. The Hall–Kier alpha value is -1.62. The molecule has 2 N–H and O–H groups in total. The molecule has 1 fully saturated rings. The molecule has 1 aliphatic carbocycles. The minimum absolute atomic E-state index is 0.133. The van der Waals surface area contributed by atoms with Crippen LogP contribution >= 0.6 is 0 Å². The molecule has 98 valence electrons. The summed E-state index contributed by atoms with van der Waals surface area (Å²) in [6.45, 7) is 1.85. The summed E-state index contributed by atoms with van der Waals surface area (Å²) in [6, 6.07) is 3.43. The first-order valence-corrected chi connectivity index (χ1v) is 6.12. The normalized spacial score (nSPS) is 23.0. The molecule has 0 radical (unpaired) electrons. The first-order valence-electron chi connectivity index (χ1n) is 6.12.